The van der Waals surface area contributed by atoms with Crippen molar-refractivity contribution in [1.82, 2.24) is 9.97 Å². The number of aromatic nitrogens is 2. The van der Waals surface area contributed by atoms with Gasteiger partial charge >= 0.3 is 5.97 Å². The molecule has 132 valence electrons. The number of fused-ring (bicyclic) bond motifs is 1. The quantitative estimate of drug-likeness (QED) is 0.687. The molecule has 0 atom stereocenters. The molecular weight excluding hydrogens is 332 g/mol. The number of carbonyl (C=O) groups is 2. The zero-order valence-electron chi connectivity index (χ0n) is 14.3. The summed E-state index contributed by atoms with van der Waals surface area (Å²) in [4.78, 5) is 33.6. The Kier molecular flexibility index (Phi) is 5.38. The van der Waals surface area contributed by atoms with Crippen molar-refractivity contribution in [2.75, 3.05) is 30.4 Å². The van der Waals surface area contributed by atoms with Crippen LogP contribution in [0.1, 0.15) is 0 Å². The third-order valence-electron chi connectivity index (χ3n) is 3.69. The van der Waals surface area contributed by atoms with Crippen molar-refractivity contribution >= 4 is 34.3 Å². The molecule has 0 saturated heterocycles. The Hall–Kier alpha value is -3.48. The van der Waals surface area contributed by atoms with E-state index < -0.39 is 11.9 Å². The number of carbonyl (C=O) groups excluding carboxylic acids is 2. The van der Waals surface area contributed by atoms with Gasteiger partial charge in [-0.25, -0.2) is 9.97 Å². The molecular formula is C19H18N4O3. The highest BCUT2D eigenvalue weighted by molar-refractivity contribution is 6.02. The number of ether oxygens (including phenoxy) is 1. The molecule has 0 fully saturated rings. The van der Waals surface area contributed by atoms with Gasteiger partial charge in [0.1, 0.15) is 6.54 Å². The highest BCUT2D eigenvalue weighted by Gasteiger charge is 2.13. The number of rotatable bonds is 6. The Balaban J connectivity index is 1.53. The monoisotopic (exact) mass is 350 g/mol. The lowest BCUT2D eigenvalue weighted by Gasteiger charge is -2.15. The van der Waals surface area contributed by atoms with Crippen molar-refractivity contribution in [1.29, 1.82) is 0 Å². The SMILES string of the molecule is CN(CC(=O)OCC(=O)Nc1cccc2ccccc12)c1ncccn1. The van der Waals surface area contributed by atoms with Crippen LogP contribution in [0.4, 0.5) is 11.6 Å². The third kappa shape index (κ3) is 4.32. The van der Waals surface area contributed by atoms with Gasteiger partial charge in [0.2, 0.25) is 5.95 Å². The minimum absolute atomic E-state index is 0.0500. The van der Waals surface area contributed by atoms with E-state index in [0.717, 1.165) is 10.8 Å². The molecule has 0 saturated carbocycles. The standard InChI is InChI=1S/C19H18N4O3/c1-23(19-20-10-5-11-21-19)12-18(25)26-13-17(24)22-16-9-4-7-14-6-2-3-8-15(14)16/h2-11H,12-13H2,1H3,(H,22,24). The van der Waals surface area contributed by atoms with E-state index >= 15 is 0 Å². The first-order chi connectivity index (χ1) is 12.6. The molecule has 0 radical (unpaired) electrons. The summed E-state index contributed by atoms with van der Waals surface area (Å²) in [5.74, 6) is -0.522. The summed E-state index contributed by atoms with van der Waals surface area (Å²) in [7, 11) is 1.67. The first-order valence-corrected chi connectivity index (χ1v) is 8.05. The highest BCUT2D eigenvalue weighted by atomic mass is 16.5. The van der Waals surface area contributed by atoms with Crippen LogP contribution in [0.5, 0.6) is 0 Å². The zero-order valence-corrected chi connectivity index (χ0v) is 14.3. The number of anilines is 2. The Morgan fingerprint density at radius 2 is 1.77 bits per heavy atom. The number of hydrogen-bond donors (Lipinski definition) is 1. The topological polar surface area (TPSA) is 84.4 Å². The molecule has 3 rings (SSSR count). The van der Waals surface area contributed by atoms with E-state index in [2.05, 4.69) is 15.3 Å². The second-order valence-corrected chi connectivity index (χ2v) is 5.64. The predicted molar refractivity (Wildman–Crippen MR) is 98.8 cm³/mol. The molecule has 0 unspecified atom stereocenters. The molecule has 0 aliphatic carbocycles. The van der Waals surface area contributed by atoms with Crippen molar-refractivity contribution in [2.24, 2.45) is 0 Å². The van der Waals surface area contributed by atoms with Crippen LogP contribution < -0.4 is 10.2 Å². The van der Waals surface area contributed by atoms with Gasteiger partial charge < -0.3 is 15.0 Å². The number of hydrogen-bond acceptors (Lipinski definition) is 6. The van der Waals surface area contributed by atoms with Crippen LogP contribution in [0.25, 0.3) is 10.8 Å². The Bertz CT molecular complexity index is 910. The van der Waals surface area contributed by atoms with Gasteiger partial charge in [-0.15, -0.1) is 0 Å². The fraction of sp³-hybridized carbons (Fsp3) is 0.158. The van der Waals surface area contributed by atoms with Crippen LogP contribution in [0.2, 0.25) is 0 Å². The highest BCUT2D eigenvalue weighted by Crippen LogP contribution is 2.22. The van der Waals surface area contributed by atoms with E-state index in [1.807, 2.05) is 42.5 Å². The lowest BCUT2D eigenvalue weighted by molar-refractivity contribution is -0.145. The Morgan fingerprint density at radius 3 is 2.58 bits per heavy atom. The van der Waals surface area contributed by atoms with Crippen LogP contribution in [0.15, 0.2) is 60.9 Å². The fourth-order valence-electron chi connectivity index (χ4n) is 2.47. The van der Waals surface area contributed by atoms with Gasteiger partial charge in [0, 0.05) is 30.5 Å². The molecule has 0 aliphatic heterocycles. The molecule has 2 aromatic carbocycles. The van der Waals surface area contributed by atoms with Crippen LogP contribution >= 0.6 is 0 Å². The minimum atomic E-state index is -0.534. The summed E-state index contributed by atoms with van der Waals surface area (Å²) in [6.07, 6.45) is 3.17. The van der Waals surface area contributed by atoms with E-state index in [-0.39, 0.29) is 13.2 Å². The smallest absolute Gasteiger partial charge is 0.326 e. The van der Waals surface area contributed by atoms with E-state index in [0.29, 0.717) is 11.6 Å². The third-order valence-corrected chi connectivity index (χ3v) is 3.69. The molecule has 7 nitrogen and oxygen atoms in total. The van der Waals surface area contributed by atoms with Crippen LogP contribution in [-0.4, -0.2) is 42.0 Å². The van der Waals surface area contributed by atoms with Gasteiger partial charge in [-0.05, 0) is 17.5 Å². The van der Waals surface area contributed by atoms with E-state index in [1.54, 1.807) is 30.4 Å². The number of esters is 1. The minimum Gasteiger partial charge on any atom is -0.454 e. The predicted octanol–water partition coefficient (Wildman–Crippen LogP) is 2.25. The maximum Gasteiger partial charge on any atom is 0.326 e. The summed E-state index contributed by atoms with van der Waals surface area (Å²) >= 11 is 0. The van der Waals surface area contributed by atoms with Gasteiger partial charge in [-0.3, -0.25) is 9.59 Å². The Labute approximate surface area is 150 Å². The lowest BCUT2D eigenvalue weighted by atomic mass is 10.1. The average Bonchev–Trinajstić information content (AvgIpc) is 2.67. The number of nitrogens with zero attached hydrogens (tertiary/aromatic N) is 3. The molecule has 1 amide bonds. The molecule has 1 heterocycles. The van der Waals surface area contributed by atoms with Crippen LogP contribution in [0, 0.1) is 0 Å². The summed E-state index contributed by atoms with van der Waals surface area (Å²) in [6.45, 7) is -0.406. The molecule has 7 heteroatoms. The fourth-order valence-corrected chi connectivity index (χ4v) is 2.47. The summed E-state index contributed by atoms with van der Waals surface area (Å²) in [6, 6.07) is 15.0. The number of amides is 1. The molecule has 1 N–H and O–H groups in total. The first kappa shape index (κ1) is 17.3. The second-order valence-electron chi connectivity index (χ2n) is 5.64. The van der Waals surface area contributed by atoms with Gasteiger partial charge in [-0.2, -0.15) is 0 Å². The largest absolute Gasteiger partial charge is 0.454 e. The van der Waals surface area contributed by atoms with E-state index in [1.165, 1.54) is 0 Å². The maximum absolute atomic E-state index is 12.1. The normalized spacial score (nSPS) is 10.3. The van der Waals surface area contributed by atoms with Crippen LogP contribution in [-0.2, 0) is 14.3 Å². The maximum atomic E-state index is 12.1. The first-order valence-electron chi connectivity index (χ1n) is 8.05. The zero-order chi connectivity index (χ0) is 18.4. The van der Waals surface area contributed by atoms with Gasteiger partial charge in [0.25, 0.3) is 5.91 Å². The van der Waals surface area contributed by atoms with Crippen molar-refractivity contribution < 1.29 is 14.3 Å². The van der Waals surface area contributed by atoms with Crippen molar-refractivity contribution in [3.63, 3.8) is 0 Å². The van der Waals surface area contributed by atoms with E-state index in [4.69, 9.17) is 4.74 Å². The summed E-state index contributed by atoms with van der Waals surface area (Å²) in [5.41, 5.74) is 0.680. The Morgan fingerprint density at radius 1 is 1.04 bits per heavy atom. The van der Waals surface area contributed by atoms with Crippen molar-refractivity contribution in [3.8, 4) is 0 Å². The van der Waals surface area contributed by atoms with Gasteiger partial charge in [-0.1, -0.05) is 36.4 Å². The molecule has 1 aromatic heterocycles. The summed E-state index contributed by atoms with van der Waals surface area (Å²) < 4.78 is 5.03. The van der Waals surface area contributed by atoms with E-state index in [9.17, 15) is 9.59 Å². The number of nitrogens with one attached hydrogen (secondary N) is 1. The molecule has 0 aliphatic rings. The average molecular weight is 350 g/mol. The lowest BCUT2D eigenvalue weighted by Crippen LogP contribution is -2.30. The van der Waals surface area contributed by atoms with Gasteiger partial charge in [0.15, 0.2) is 6.61 Å². The number of likely N-dealkylation sites (N-methyl/N-ethyl adjacent to an activating group) is 1. The second kappa shape index (κ2) is 8.06. The molecule has 3 aromatic rings. The molecule has 0 bridgehead atoms. The van der Waals surface area contributed by atoms with Crippen molar-refractivity contribution in [3.05, 3.63) is 60.9 Å². The van der Waals surface area contributed by atoms with Gasteiger partial charge in [0.05, 0.1) is 0 Å². The number of benzene rings is 2. The van der Waals surface area contributed by atoms with Crippen LogP contribution in [0.3, 0.4) is 0 Å². The van der Waals surface area contributed by atoms with Crippen molar-refractivity contribution in [2.45, 2.75) is 0 Å². The summed E-state index contributed by atoms with van der Waals surface area (Å²) in [5, 5.41) is 4.72. The molecule has 26 heavy (non-hydrogen) atoms. The molecule has 0 spiro atoms.